The van der Waals surface area contributed by atoms with Crippen LogP contribution >= 0.6 is 18.9 Å². The Kier molecular flexibility index (Phi) is 10.9. The van der Waals surface area contributed by atoms with Gasteiger partial charge in [0.1, 0.15) is 18.2 Å². The Hall–Kier alpha value is -3.18. The van der Waals surface area contributed by atoms with E-state index in [1.807, 2.05) is 36.2 Å². The van der Waals surface area contributed by atoms with Gasteiger partial charge in [0.15, 0.2) is 0 Å². The van der Waals surface area contributed by atoms with Crippen molar-refractivity contribution < 1.29 is 28.3 Å². The molecule has 0 aliphatic rings. The van der Waals surface area contributed by atoms with Gasteiger partial charge in [0, 0.05) is 26.2 Å². The number of aromatic nitrogens is 2. The highest BCUT2D eigenvalue weighted by Crippen LogP contribution is 2.47. The molecule has 0 saturated heterocycles. The summed E-state index contributed by atoms with van der Waals surface area (Å²) in [5.74, 6) is 0.978. The van der Waals surface area contributed by atoms with Crippen LogP contribution in [-0.2, 0) is 20.0 Å². The second kappa shape index (κ2) is 14.1. The molecular weight excluding hydrogens is 531 g/mol. The molecule has 0 bridgehead atoms. The monoisotopic (exact) mass is 564 g/mol. The molecule has 1 aromatic carbocycles. The number of H-pyrrole nitrogens is 1. The molecule has 0 radical (unpaired) electrons. The van der Waals surface area contributed by atoms with Crippen LogP contribution in [0.15, 0.2) is 47.4 Å². The fraction of sp³-hybridized carbons (Fsp3) is 0.400. The predicted molar refractivity (Wildman–Crippen MR) is 147 cm³/mol. The number of nitrogens with zero attached hydrogens (tertiary/aromatic N) is 2. The van der Waals surface area contributed by atoms with Crippen molar-refractivity contribution in [3.05, 3.63) is 68.3 Å². The molecule has 38 heavy (non-hydrogen) atoms. The van der Waals surface area contributed by atoms with Gasteiger partial charge in [-0.25, -0.2) is 4.98 Å². The molecule has 0 saturated carbocycles. The SMILES string of the molecule is CCOP(=O)(CCNC(=O)c1ccc(N(C)CCOc2ccc(Cc3sc(=O)[nH]c3O)cc2)nc1)OCC. The molecule has 0 aliphatic heterocycles. The van der Waals surface area contributed by atoms with E-state index >= 15 is 0 Å². The van der Waals surface area contributed by atoms with Crippen LogP contribution in [0.1, 0.15) is 34.6 Å². The number of hydrogen-bond acceptors (Lipinski definition) is 10. The minimum atomic E-state index is -3.21. The van der Waals surface area contributed by atoms with Gasteiger partial charge in [-0.3, -0.25) is 19.1 Å². The summed E-state index contributed by atoms with van der Waals surface area (Å²) in [6.07, 6.45) is 2.04. The molecule has 3 N–H and O–H groups in total. The van der Waals surface area contributed by atoms with Crippen LogP contribution in [-0.4, -0.2) is 67.1 Å². The van der Waals surface area contributed by atoms with Gasteiger partial charge < -0.3 is 29.1 Å². The molecule has 2 heterocycles. The topological polar surface area (TPSA) is 143 Å². The van der Waals surface area contributed by atoms with Crippen LogP contribution in [0.3, 0.4) is 0 Å². The highest BCUT2D eigenvalue weighted by Gasteiger charge is 2.23. The Morgan fingerprint density at radius 2 is 1.87 bits per heavy atom. The Morgan fingerprint density at radius 1 is 1.16 bits per heavy atom. The number of pyridine rings is 1. The van der Waals surface area contributed by atoms with E-state index in [-0.39, 0.29) is 42.6 Å². The van der Waals surface area contributed by atoms with E-state index in [0.717, 1.165) is 16.9 Å². The number of carbonyl (C=O) groups excluding carboxylic acids is 1. The first-order chi connectivity index (χ1) is 18.2. The summed E-state index contributed by atoms with van der Waals surface area (Å²) < 4.78 is 28.8. The van der Waals surface area contributed by atoms with Gasteiger partial charge in [-0.2, -0.15) is 0 Å². The van der Waals surface area contributed by atoms with Crippen molar-refractivity contribution in [2.24, 2.45) is 0 Å². The highest BCUT2D eigenvalue weighted by molar-refractivity contribution is 7.53. The Morgan fingerprint density at radius 3 is 2.45 bits per heavy atom. The van der Waals surface area contributed by atoms with Crippen LogP contribution in [0.5, 0.6) is 11.6 Å². The van der Waals surface area contributed by atoms with E-state index in [4.69, 9.17) is 13.8 Å². The van der Waals surface area contributed by atoms with Gasteiger partial charge in [0.05, 0.1) is 36.4 Å². The number of likely N-dealkylation sites (N-methyl/N-ethyl adjacent to an activating group) is 1. The van der Waals surface area contributed by atoms with Crippen LogP contribution < -0.4 is 19.8 Å². The fourth-order valence-electron chi connectivity index (χ4n) is 3.49. The lowest BCUT2D eigenvalue weighted by Gasteiger charge is -2.19. The second-order valence-electron chi connectivity index (χ2n) is 8.21. The van der Waals surface area contributed by atoms with Crippen LogP contribution in [0.2, 0.25) is 0 Å². The number of aromatic amines is 1. The summed E-state index contributed by atoms with van der Waals surface area (Å²) in [7, 11) is -1.33. The van der Waals surface area contributed by atoms with E-state index in [9.17, 15) is 19.3 Å². The maximum atomic E-state index is 12.5. The van der Waals surface area contributed by atoms with Crippen molar-refractivity contribution in [2.45, 2.75) is 20.3 Å². The number of rotatable bonds is 15. The number of amides is 1. The number of benzene rings is 1. The lowest BCUT2D eigenvalue weighted by atomic mass is 10.1. The van der Waals surface area contributed by atoms with Gasteiger partial charge in [0.2, 0.25) is 5.88 Å². The van der Waals surface area contributed by atoms with E-state index in [1.165, 1.54) is 6.20 Å². The zero-order chi connectivity index (χ0) is 27.5. The molecular formula is C25H33N4O7PS. The first-order valence-electron chi connectivity index (χ1n) is 12.2. The number of anilines is 1. The molecule has 0 fully saturated rings. The van der Waals surface area contributed by atoms with E-state index in [0.29, 0.717) is 41.6 Å². The van der Waals surface area contributed by atoms with Crippen LogP contribution in [0, 0.1) is 0 Å². The second-order valence-corrected chi connectivity index (χ2v) is 11.5. The summed E-state index contributed by atoms with van der Waals surface area (Å²) in [6.45, 7) is 5.16. The first kappa shape index (κ1) is 29.4. The lowest BCUT2D eigenvalue weighted by Crippen LogP contribution is -2.28. The van der Waals surface area contributed by atoms with Crippen molar-refractivity contribution in [3.8, 4) is 11.6 Å². The first-order valence-corrected chi connectivity index (χ1v) is 14.7. The molecule has 13 heteroatoms. The zero-order valence-corrected chi connectivity index (χ0v) is 23.3. The van der Waals surface area contributed by atoms with E-state index in [2.05, 4.69) is 15.3 Å². The molecule has 0 atom stereocenters. The van der Waals surface area contributed by atoms with Crippen molar-refractivity contribution in [2.75, 3.05) is 51.0 Å². The van der Waals surface area contributed by atoms with Gasteiger partial charge in [-0.05, 0) is 43.7 Å². The number of hydrogen-bond donors (Lipinski definition) is 3. The fourth-order valence-corrected chi connectivity index (χ4v) is 5.75. The molecule has 0 unspecified atom stereocenters. The van der Waals surface area contributed by atoms with E-state index < -0.39 is 7.60 Å². The van der Waals surface area contributed by atoms with Gasteiger partial charge in [-0.15, -0.1) is 0 Å². The zero-order valence-electron chi connectivity index (χ0n) is 21.6. The molecule has 3 aromatic rings. The normalized spacial score (nSPS) is 11.3. The summed E-state index contributed by atoms with van der Waals surface area (Å²) in [5.41, 5.74) is 1.34. The standard InChI is InChI=1S/C25H33N4O7PS/c1-4-35-37(33,36-5-2)15-12-26-23(30)19-8-11-22(27-17-19)29(3)13-14-34-20-9-6-18(7-10-20)16-21-24(31)28-25(32)38-21/h6-11,17,31H,4-5,12-16H2,1-3H3,(H,26,30)(H,28,32). The molecule has 0 aliphatic carbocycles. The molecule has 1 amide bonds. The van der Waals surface area contributed by atoms with Gasteiger partial charge in [-0.1, -0.05) is 23.5 Å². The average molecular weight is 565 g/mol. The minimum absolute atomic E-state index is 0.0860. The number of ether oxygens (including phenoxy) is 1. The Balaban J connectivity index is 1.42. The number of thiazole rings is 1. The van der Waals surface area contributed by atoms with E-state index in [1.54, 1.807) is 26.0 Å². The average Bonchev–Trinajstić information content (AvgIpc) is 3.21. The smallest absolute Gasteiger partial charge is 0.332 e. The number of nitrogens with one attached hydrogen (secondary N) is 2. The molecule has 0 spiro atoms. The third kappa shape index (κ3) is 8.70. The summed E-state index contributed by atoms with van der Waals surface area (Å²) in [4.78, 5) is 32.7. The minimum Gasteiger partial charge on any atom is -0.494 e. The largest absolute Gasteiger partial charge is 0.494 e. The van der Waals surface area contributed by atoms with Crippen LogP contribution in [0.25, 0.3) is 0 Å². The van der Waals surface area contributed by atoms with Crippen molar-refractivity contribution in [1.82, 2.24) is 15.3 Å². The van der Waals surface area contributed by atoms with Crippen LogP contribution in [0.4, 0.5) is 5.82 Å². The van der Waals surface area contributed by atoms with Gasteiger partial charge >= 0.3 is 12.5 Å². The maximum absolute atomic E-state index is 12.5. The Labute approximate surface area is 225 Å². The van der Waals surface area contributed by atoms with Gasteiger partial charge in [0.25, 0.3) is 5.91 Å². The quantitative estimate of drug-likeness (QED) is 0.236. The third-order valence-electron chi connectivity index (χ3n) is 5.41. The molecule has 11 nitrogen and oxygen atoms in total. The summed E-state index contributed by atoms with van der Waals surface area (Å²) in [6, 6.07) is 10.9. The van der Waals surface area contributed by atoms with Crippen molar-refractivity contribution >= 4 is 30.7 Å². The predicted octanol–water partition coefficient (Wildman–Crippen LogP) is 3.64. The third-order valence-corrected chi connectivity index (χ3v) is 8.35. The number of carbonyl (C=O) groups is 1. The summed E-state index contributed by atoms with van der Waals surface area (Å²) in [5, 5.41) is 12.5. The summed E-state index contributed by atoms with van der Waals surface area (Å²) >= 11 is 0.993. The Bertz CT molecular complexity index is 1270. The van der Waals surface area contributed by atoms with Crippen molar-refractivity contribution in [1.29, 1.82) is 0 Å². The lowest BCUT2D eigenvalue weighted by molar-refractivity contribution is 0.0955. The number of aromatic hydroxyl groups is 1. The maximum Gasteiger partial charge on any atom is 0.332 e. The molecule has 2 aromatic heterocycles. The molecule has 3 rings (SSSR count). The molecule has 206 valence electrons. The highest BCUT2D eigenvalue weighted by atomic mass is 32.1. The van der Waals surface area contributed by atoms with Crippen molar-refractivity contribution in [3.63, 3.8) is 0 Å².